The summed E-state index contributed by atoms with van der Waals surface area (Å²) in [4.78, 5) is 0. The molecule has 0 bridgehead atoms. The fourth-order valence-corrected chi connectivity index (χ4v) is 2.48. The summed E-state index contributed by atoms with van der Waals surface area (Å²) in [6, 6.07) is 12.6. The number of rotatable bonds is 7. The lowest BCUT2D eigenvalue weighted by molar-refractivity contribution is 0.521. The summed E-state index contributed by atoms with van der Waals surface area (Å²) >= 11 is 0. The second-order valence-corrected chi connectivity index (χ2v) is 5.96. The number of hydrogen-bond donors (Lipinski definition) is 2. The lowest BCUT2D eigenvalue weighted by Gasteiger charge is -2.10. The second-order valence-electron chi connectivity index (χ2n) is 5.96. The number of unbranched alkanes of at least 4 members (excludes halogenated alkanes) is 1. The highest BCUT2D eigenvalue weighted by molar-refractivity contribution is 5.86. The highest BCUT2D eigenvalue weighted by Crippen LogP contribution is 2.21. The van der Waals surface area contributed by atoms with E-state index in [-0.39, 0.29) is 0 Å². The molecule has 0 radical (unpaired) electrons. The molecule has 2 aromatic rings. The lowest BCUT2D eigenvalue weighted by Crippen LogP contribution is -2.15. The first-order valence-electron chi connectivity index (χ1n) is 7.64. The van der Waals surface area contributed by atoms with E-state index in [0.29, 0.717) is 0 Å². The quantitative estimate of drug-likeness (QED) is 0.580. The van der Waals surface area contributed by atoms with Crippen LogP contribution >= 0.6 is 0 Å². The Bertz CT molecular complexity index is 546. The first-order valence-corrected chi connectivity index (χ1v) is 7.64. The van der Waals surface area contributed by atoms with E-state index in [1.54, 1.807) is 0 Å². The van der Waals surface area contributed by atoms with E-state index in [1.807, 2.05) is 0 Å². The average molecular weight is 270 g/mol. The topological polar surface area (TPSA) is 38.0 Å². The van der Waals surface area contributed by atoms with Crippen molar-refractivity contribution in [1.29, 1.82) is 0 Å². The molecule has 2 heteroatoms. The van der Waals surface area contributed by atoms with Gasteiger partial charge in [0.05, 0.1) is 0 Å². The zero-order valence-corrected chi connectivity index (χ0v) is 12.7. The number of hydrogen-bond acceptors (Lipinski definition) is 2. The summed E-state index contributed by atoms with van der Waals surface area (Å²) in [7, 11) is 0. The number of nitrogens with one attached hydrogen (secondary N) is 1. The van der Waals surface area contributed by atoms with Crippen LogP contribution in [0.5, 0.6) is 0 Å². The van der Waals surface area contributed by atoms with Crippen LogP contribution in [0.2, 0.25) is 0 Å². The minimum absolute atomic E-state index is 0.811. The molecule has 0 aliphatic rings. The van der Waals surface area contributed by atoms with Crippen LogP contribution in [0.25, 0.3) is 10.8 Å². The monoisotopic (exact) mass is 270 g/mol. The molecule has 0 saturated heterocycles. The van der Waals surface area contributed by atoms with E-state index >= 15 is 0 Å². The van der Waals surface area contributed by atoms with Crippen molar-refractivity contribution in [2.45, 2.75) is 39.7 Å². The first kappa shape index (κ1) is 14.9. The summed E-state index contributed by atoms with van der Waals surface area (Å²) in [5.74, 6) is 0.811. The second kappa shape index (κ2) is 7.30. The smallest absolute Gasteiger partial charge is 0.0366 e. The van der Waals surface area contributed by atoms with E-state index in [2.05, 4.69) is 55.6 Å². The van der Waals surface area contributed by atoms with Gasteiger partial charge in [0.15, 0.2) is 0 Å². The molecule has 0 heterocycles. The first-order chi connectivity index (χ1) is 9.66. The largest absolute Gasteiger partial charge is 0.398 e. The van der Waals surface area contributed by atoms with Crippen LogP contribution in [0, 0.1) is 5.92 Å². The Labute approximate surface area is 122 Å². The maximum absolute atomic E-state index is 6.13. The SMILES string of the molecule is CC(C)CCCCNCc1cc2ccccc2cc1N. The van der Waals surface area contributed by atoms with Crippen molar-refractivity contribution >= 4 is 16.5 Å². The fourth-order valence-electron chi connectivity index (χ4n) is 2.48. The summed E-state index contributed by atoms with van der Waals surface area (Å²) in [5, 5.41) is 5.98. The van der Waals surface area contributed by atoms with Gasteiger partial charge < -0.3 is 11.1 Å². The van der Waals surface area contributed by atoms with Crippen LogP contribution in [-0.4, -0.2) is 6.54 Å². The molecule has 3 N–H and O–H groups in total. The predicted molar refractivity (Wildman–Crippen MR) is 88.8 cm³/mol. The molecule has 2 nitrogen and oxygen atoms in total. The fraction of sp³-hybridized carbons (Fsp3) is 0.444. The highest BCUT2D eigenvalue weighted by atomic mass is 14.8. The number of benzene rings is 2. The minimum atomic E-state index is 0.811. The predicted octanol–water partition coefficient (Wildman–Crippen LogP) is 4.34. The molecule has 20 heavy (non-hydrogen) atoms. The van der Waals surface area contributed by atoms with Crippen LogP contribution in [0.3, 0.4) is 0 Å². The molecule has 2 rings (SSSR count). The summed E-state index contributed by atoms with van der Waals surface area (Å²) in [6.45, 7) is 6.49. The van der Waals surface area contributed by atoms with E-state index in [4.69, 9.17) is 5.73 Å². The van der Waals surface area contributed by atoms with Gasteiger partial charge in [0.25, 0.3) is 0 Å². The van der Waals surface area contributed by atoms with Crippen LogP contribution in [-0.2, 0) is 6.54 Å². The molecule has 2 aromatic carbocycles. The van der Waals surface area contributed by atoms with Gasteiger partial charge >= 0.3 is 0 Å². The third-order valence-electron chi connectivity index (χ3n) is 3.71. The van der Waals surface area contributed by atoms with Crippen LogP contribution in [0.4, 0.5) is 5.69 Å². The average Bonchev–Trinajstić information content (AvgIpc) is 2.42. The maximum Gasteiger partial charge on any atom is 0.0366 e. The third-order valence-corrected chi connectivity index (χ3v) is 3.71. The van der Waals surface area contributed by atoms with Crippen molar-refractivity contribution in [3.63, 3.8) is 0 Å². The summed E-state index contributed by atoms with van der Waals surface area (Å²) in [5.41, 5.74) is 8.22. The standard InChI is InChI=1S/C18H26N2/c1-14(2)7-5-6-10-20-13-17-11-15-8-3-4-9-16(15)12-18(17)19/h3-4,8-9,11-12,14,20H,5-7,10,13,19H2,1-2H3. The highest BCUT2D eigenvalue weighted by Gasteiger charge is 2.02. The minimum Gasteiger partial charge on any atom is -0.398 e. The zero-order valence-electron chi connectivity index (χ0n) is 12.7. The molecular weight excluding hydrogens is 244 g/mol. The molecule has 0 amide bonds. The zero-order chi connectivity index (χ0) is 14.4. The molecule has 0 atom stereocenters. The van der Waals surface area contributed by atoms with E-state index in [0.717, 1.165) is 24.7 Å². The molecule has 108 valence electrons. The molecule has 0 aliphatic carbocycles. The van der Waals surface area contributed by atoms with E-state index in [9.17, 15) is 0 Å². The lowest BCUT2D eigenvalue weighted by atomic mass is 10.0. The molecule has 0 spiro atoms. The van der Waals surface area contributed by atoms with Gasteiger partial charge in [-0.15, -0.1) is 0 Å². The van der Waals surface area contributed by atoms with Crippen molar-refractivity contribution in [1.82, 2.24) is 5.32 Å². The van der Waals surface area contributed by atoms with Crippen molar-refractivity contribution in [2.75, 3.05) is 12.3 Å². The van der Waals surface area contributed by atoms with E-state index in [1.165, 1.54) is 35.6 Å². The van der Waals surface area contributed by atoms with Gasteiger partial charge in [-0.25, -0.2) is 0 Å². The normalized spacial score (nSPS) is 11.3. The van der Waals surface area contributed by atoms with Gasteiger partial charge in [0, 0.05) is 12.2 Å². The van der Waals surface area contributed by atoms with Gasteiger partial charge in [0.1, 0.15) is 0 Å². The van der Waals surface area contributed by atoms with Crippen LogP contribution < -0.4 is 11.1 Å². The Morgan fingerprint density at radius 3 is 2.45 bits per heavy atom. The Kier molecular flexibility index (Phi) is 5.42. The Balaban J connectivity index is 1.85. The molecule has 0 fully saturated rings. The Morgan fingerprint density at radius 2 is 1.75 bits per heavy atom. The van der Waals surface area contributed by atoms with Gasteiger partial charge in [-0.3, -0.25) is 0 Å². The third kappa shape index (κ3) is 4.24. The summed E-state index contributed by atoms with van der Waals surface area (Å²) < 4.78 is 0. The molecule has 0 aliphatic heterocycles. The number of anilines is 1. The van der Waals surface area contributed by atoms with Crippen molar-refractivity contribution < 1.29 is 0 Å². The van der Waals surface area contributed by atoms with E-state index < -0.39 is 0 Å². The van der Waals surface area contributed by atoms with Crippen LogP contribution in [0.1, 0.15) is 38.7 Å². The Morgan fingerprint density at radius 1 is 1.05 bits per heavy atom. The summed E-state index contributed by atoms with van der Waals surface area (Å²) in [6.07, 6.45) is 3.86. The molecular formula is C18H26N2. The number of nitrogen functional groups attached to an aromatic ring is 1. The molecule has 0 unspecified atom stereocenters. The van der Waals surface area contributed by atoms with Crippen molar-refractivity contribution in [3.8, 4) is 0 Å². The van der Waals surface area contributed by atoms with Gasteiger partial charge in [0.2, 0.25) is 0 Å². The van der Waals surface area contributed by atoms with Gasteiger partial charge in [-0.1, -0.05) is 51.0 Å². The van der Waals surface area contributed by atoms with Crippen LogP contribution in [0.15, 0.2) is 36.4 Å². The maximum atomic E-state index is 6.13. The Hall–Kier alpha value is -1.54. The van der Waals surface area contributed by atoms with Gasteiger partial charge in [-0.2, -0.15) is 0 Å². The molecule has 0 aromatic heterocycles. The van der Waals surface area contributed by atoms with Crippen molar-refractivity contribution in [3.05, 3.63) is 42.0 Å². The van der Waals surface area contributed by atoms with Gasteiger partial charge in [-0.05, 0) is 47.4 Å². The van der Waals surface area contributed by atoms with Crippen molar-refractivity contribution in [2.24, 2.45) is 5.92 Å². The molecule has 0 saturated carbocycles. The number of nitrogens with two attached hydrogens (primary N) is 1. The number of fused-ring (bicyclic) bond motifs is 1.